The van der Waals surface area contributed by atoms with Crippen molar-refractivity contribution >= 4 is 11.9 Å². The number of carbonyl (C=O) groups excluding carboxylic acids is 1. The molecule has 6 nitrogen and oxygen atoms in total. The molecule has 1 atom stereocenters. The molecule has 1 amide bonds. The Hall–Kier alpha value is -2.63. The highest BCUT2D eigenvalue weighted by atomic mass is 16.4. The fourth-order valence-electron chi connectivity index (χ4n) is 2.76. The van der Waals surface area contributed by atoms with Crippen LogP contribution in [-0.4, -0.2) is 33.4 Å². The molecule has 3 rings (SSSR count). The maximum Gasteiger partial charge on any atom is 0.331 e. The molecule has 22 heavy (non-hydrogen) atoms. The van der Waals surface area contributed by atoms with Gasteiger partial charge in [0.05, 0.1) is 6.26 Å². The largest absolute Gasteiger partial charge is 0.479 e. The molecule has 0 radical (unpaired) electrons. The molecule has 2 aromatic rings. The first-order chi connectivity index (χ1) is 10.6. The number of carboxylic acid groups (broad SMARTS) is 1. The molecule has 1 aliphatic rings. The molecule has 1 aliphatic heterocycles. The van der Waals surface area contributed by atoms with Crippen LogP contribution in [0.25, 0.3) is 0 Å². The van der Waals surface area contributed by atoms with Gasteiger partial charge in [0.15, 0.2) is 6.04 Å². The summed E-state index contributed by atoms with van der Waals surface area (Å²) in [7, 11) is 0. The van der Waals surface area contributed by atoms with Crippen LogP contribution in [0.4, 0.5) is 0 Å². The second-order valence-corrected chi connectivity index (χ2v) is 5.19. The van der Waals surface area contributed by atoms with Crippen LogP contribution in [0.3, 0.4) is 0 Å². The average Bonchev–Trinajstić information content (AvgIpc) is 3.01. The Morgan fingerprint density at radius 1 is 1.45 bits per heavy atom. The van der Waals surface area contributed by atoms with Gasteiger partial charge in [0.25, 0.3) is 5.91 Å². The fraction of sp³-hybridized carbons (Fsp3) is 0.312. The molecule has 3 heterocycles. The highest BCUT2D eigenvalue weighted by Crippen LogP contribution is 2.31. The van der Waals surface area contributed by atoms with Crippen LogP contribution in [0, 0.1) is 0 Å². The van der Waals surface area contributed by atoms with Gasteiger partial charge in [0.2, 0.25) is 0 Å². The van der Waals surface area contributed by atoms with Gasteiger partial charge in [-0.1, -0.05) is 6.92 Å². The van der Waals surface area contributed by atoms with Crippen LogP contribution >= 0.6 is 0 Å². The minimum Gasteiger partial charge on any atom is -0.479 e. The monoisotopic (exact) mass is 300 g/mol. The van der Waals surface area contributed by atoms with Crippen LogP contribution in [0.5, 0.6) is 0 Å². The van der Waals surface area contributed by atoms with Crippen molar-refractivity contribution in [2.45, 2.75) is 25.8 Å². The summed E-state index contributed by atoms with van der Waals surface area (Å²) in [5.74, 6) is -0.802. The van der Waals surface area contributed by atoms with Crippen LogP contribution in [0.15, 0.2) is 35.1 Å². The number of amides is 1. The third-order valence-electron chi connectivity index (χ3n) is 3.91. The molecule has 6 heteroatoms. The summed E-state index contributed by atoms with van der Waals surface area (Å²) in [6, 6.07) is 4.15. The van der Waals surface area contributed by atoms with Gasteiger partial charge in [0.1, 0.15) is 11.5 Å². The molecular weight excluding hydrogens is 284 g/mol. The van der Waals surface area contributed by atoms with Crippen molar-refractivity contribution < 1.29 is 19.1 Å². The van der Waals surface area contributed by atoms with Gasteiger partial charge < -0.3 is 14.4 Å². The number of rotatable bonds is 3. The summed E-state index contributed by atoms with van der Waals surface area (Å²) >= 11 is 0. The molecule has 1 N–H and O–H groups in total. The Balaban J connectivity index is 1.96. The van der Waals surface area contributed by atoms with Crippen LogP contribution in [0.1, 0.15) is 40.3 Å². The van der Waals surface area contributed by atoms with E-state index in [9.17, 15) is 14.7 Å². The highest BCUT2D eigenvalue weighted by Gasteiger charge is 2.38. The first-order valence-electron chi connectivity index (χ1n) is 7.16. The summed E-state index contributed by atoms with van der Waals surface area (Å²) in [5, 5.41) is 9.51. The first kappa shape index (κ1) is 14.3. The van der Waals surface area contributed by atoms with Gasteiger partial charge in [-0.15, -0.1) is 0 Å². The van der Waals surface area contributed by atoms with E-state index >= 15 is 0 Å². The van der Waals surface area contributed by atoms with Crippen molar-refractivity contribution in [3.63, 3.8) is 0 Å². The number of hydrogen-bond donors (Lipinski definition) is 1. The Morgan fingerprint density at radius 2 is 2.27 bits per heavy atom. The number of carbonyl (C=O) groups is 2. The molecule has 0 aliphatic carbocycles. The molecule has 0 saturated carbocycles. The maximum atomic E-state index is 12.7. The van der Waals surface area contributed by atoms with Gasteiger partial charge >= 0.3 is 5.97 Å². The van der Waals surface area contributed by atoms with Crippen molar-refractivity contribution in [1.82, 2.24) is 9.88 Å². The Bertz CT molecular complexity index is 722. The normalized spacial score (nSPS) is 17.1. The molecule has 1 unspecified atom stereocenters. The standard InChI is InChI=1S/C16H16N2O4/c1-2-10-3-6-17-12(9-10)15(19)18-7-4-13-11(5-8-22-13)14(18)16(20)21/h3,5-6,8-9,14H,2,4,7H2,1H3,(H,20,21). The van der Waals surface area contributed by atoms with Crippen LogP contribution in [-0.2, 0) is 17.6 Å². The predicted octanol–water partition coefficient (Wildman–Crippen LogP) is 2.06. The number of aryl methyl sites for hydroxylation is 1. The second-order valence-electron chi connectivity index (χ2n) is 5.19. The van der Waals surface area contributed by atoms with Gasteiger partial charge in [0, 0.05) is 24.7 Å². The van der Waals surface area contributed by atoms with E-state index in [1.54, 1.807) is 18.3 Å². The number of fused-ring (bicyclic) bond motifs is 1. The Morgan fingerprint density at radius 3 is 3.00 bits per heavy atom. The van der Waals surface area contributed by atoms with Gasteiger partial charge in [-0.2, -0.15) is 0 Å². The molecular formula is C16H16N2O4. The number of aliphatic carboxylic acids is 1. The van der Waals surface area contributed by atoms with E-state index in [4.69, 9.17) is 4.42 Å². The number of carboxylic acids is 1. The molecule has 0 fully saturated rings. The van der Waals surface area contributed by atoms with E-state index in [1.807, 2.05) is 13.0 Å². The van der Waals surface area contributed by atoms with Gasteiger partial charge in [-0.25, -0.2) is 4.79 Å². The molecule has 0 saturated heterocycles. The van der Waals surface area contributed by atoms with Crippen molar-refractivity contribution in [2.24, 2.45) is 0 Å². The smallest absolute Gasteiger partial charge is 0.331 e. The third kappa shape index (κ3) is 2.36. The summed E-state index contributed by atoms with van der Waals surface area (Å²) in [6.07, 6.45) is 4.34. The zero-order valence-corrected chi connectivity index (χ0v) is 12.2. The van der Waals surface area contributed by atoms with Crippen LogP contribution in [0.2, 0.25) is 0 Å². The second kappa shape index (κ2) is 5.63. The maximum absolute atomic E-state index is 12.7. The van der Waals surface area contributed by atoms with Crippen molar-refractivity contribution in [2.75, 3.05) is 6.54 Å². The van der Waals surface area contributed by atoms with E-state index in [0.29, 0.717) is 24.3 Å². The minimum absolute atomic E-state index is 0.276. The molecule has 0 bridgehead atoms. The average molecular weight is 300 g/mol. The van der Waals surface area contributed by atoms with E-state index in [-0.39, 0.29) is 11.6 Å². The van der Waals surface area contributed by atoms with Gasteiger partial charge in [-0.05, 0) is 30.2 Å². The zero-order chi connectivity index (χ0) is 15.7. The lowest BCUT2D eigenvalue weighted by molar-refractivity contribution is -0.143. The summed E-state index contributed by atoms with van der Waals surface area (Å²) in [4.78, 5) is 29.8. The molecule has 114 valence electrons. The minimum atomic E-state index is -1.07. The lowest BCUT2D eigenvalue weighted by Gasteiger charge is -2.32. The van der Waals surface area contributed by atoms with E-state index < -0.39 is 12.0 Å². The van der Waals surface area contributed by atoms with E-state index in [0.717, 1.165) is 12.0 Å². The highest BCUT2D eigenvalue weighted by molar-refractivity contribution is 5.95. The number of furan rings is 1. The number of nitrogens with zero attached hydrogens (tertiary/aromatic N) is 2. The number of aromatic nitrogens is 1. The lowest BCUT2D eigenvalue weighted by atomic mass is 9.99. The Labute approximate surface area is 127 Å². The first-order valence-corrected chi connectivity index (χ1v) is 7.16. The SMILES string of the molecule is CCc1ccnc(C(=O)N2CCc3occc3C2C(=O)O)c1. The summed E-state index contributed by atoms with van der Waals surface area (Å²) in [6.45, 7) is 2.29. The quantitative estimate of drug-likeness (QED) is 0.938. The Kier molecular flexibility index (Phi) is 3.66. The number of pyridine rings is 1. The van der Waals surface area contributed by atoms with E-state index in [2.05, 4.69) is 4.98 Å². The zero-order valence-electron chi connectivity index (χ0n) is 12.2. The summed E-state index contributed by atoms with van der Waals surface area (Å²) in [5.41, 5.74) is 1.81. The fourth-order valence-corrected chi connectivity index (χ4v) is 2.76. The molecule has 2 aromatic heterocycles. The van der Waals surface area contributed by atoms with E-state index in [1.165, 1.54) is 11.2 Å². The topological polar surface area (TPSA) is 83.6 Å². The van der Waals surface area contributed by atoms with Gasteiger partial charge in [-0.3, -0.25) is 9.78 Å². The van der Waals surface area contributed by atoms with Crippen molar-refractivity contribution in [3.8, 4) is 0 Å². The lowest BCUT2D eigenvalue weighted by Crippen LogP contribution is -2.43. The van der Waals surface area contributed by atoms with Crippen molar-refractivity contribution in [1.29, 1.82) is 0 Å². The van der Waals surface area contributed by atoms with Crippen LogP contribution < -0.4 is 0 Å². The number of hydrogen-bond acceptors (Lipinski definition) is 4. The predicted molar refractivity (Wildman–Crippen MR) is 77.4 cm³/mol. The third-order valence-corrected chi connectivity index (χ3v) is 3.91. The molecule has 0 spiro atoms. The van der Waals surface area contributed by atoms with Crippen molar-refractivity contribution in [3.05, 3.63) is 53.2 Å². The molecule has 0 aromatic carbocycles. The summed E-state index contributed by atoms with van der Waals surface area (Å²) < 4.78 is 5.29.